The Morgan fingerprint density at radius 1 is 1.11 bits per heavy atom. The number of hydrogen-bond acceptors (Lipinski definition) is 4. The van der Waals surface area contributed by atoms with Crippen molar-refractivity contribution in [2.45, 2.75) is 64.2 Å². The second-order valence-corrected chi connectivity index (χ2v) is 9.98. The fraction of sp³-hybridized carbons (Fsp3) is 0.952. The Morgan fingerprint density at radius 3 is 2.41 bits per heavy atom. The van der Waals surface area contributed by atoms with Crippen LogP contribution in [0.3, 0.4) is 0 Å². The number of nitrogens with zero attached hydrogens (tertiary/aromatic N) is 1. The molecule has 1 heterocycles. The van der Waals surface area contributed by atoms with Gasteiger partial charge in [-0.25, -0.2) is 0 Å². The minimum Gasteiger partial charge on any atom is -0.396 e. The largest absolute Gasteiger partial charge is 0.396 e. The van der Waals surface area contributed by atoms with Gasteiger partial charge in [-0.3, -0.25) is 4.79 Å². The van der Waals surface area contributed by atoms with Gasteiger partial charge in [0, 0.05) is 30.3 Å². The van der Waals surface area contributed by atoms with Crippen LogP contribution in [0.4, 0.5) is 0 Å². The van der Waals surface area contributed by atoms with E-state index < -0.39 is 0 Å². The molecule has 0 aromatic heterocycles. The maximum Gasteiger partial charge on any atom is 0.237 e. The van der Waals surface area contributed by atoms with Crippen molar-refractivity contribution in [3.8, 4) is 0 Å². The first-order valence-corrected chi connectivity index (χ1v) is 11.1. The summed E-state index contributed by atoms with van der Waals surface area (Å²) in [7, 11) is 1.85. The number of fused-ring (bicyclic) bond motifs is 4. The average molecular weight is 400 g/mol. The van der Waals surface area contributed by atoms with Gasteiger partial charge in [-0.05, 0) is 49.9 Å². The van der Waals surface area contributed by atoms with Crippen molar-refractivity contribution in [3.05, 3.63) is 0 Å². The van der Waals surface area contributed by atoms with E-state index in [1.54, 1.807) is 4.90 Å². The van der Waals surface area contributed by atoms with Crippen molar-refractivity contribution in [1.82, 2.24) is 4.90 Å². The molecule has 27 heavy (non-hydrogen) atoms. The summed E-state index contributed by atoms with van der Waals surface area (Å²) in [6, 6.07) is 0.0497. The van der Waals surface area contributed by atoms with Crippen LogP contribution in [0.2, 0.25) is 0 Å². The molecule has 0 aromatic carbocycles. The Balaban J connectivity index is 1.62. The number of rotatable bonds is 3. The van der Waals surface area contributed by atoms with Gasteiger partial charge in [0.05, 0.1) is 19.8 Å². The summed E-state index contributed by atoms with van der Waals surface area (Å²) in [5.41, 5.74) is -0.223. The van der Waals surface area contributed by atoms with E-state index in [2.05, 4.69) is 13.8 Å². The van der Waals surface area contributed by atoms with Crippen LogP contribution in [0.5, 0.6) is 0 Å². The third kappa shape index (κ3) is 2.64. The smallest absolute Gasteiger partial charge is 0.237 e. The number of hydrogen-bond donors (Lipinski definition) is 1. The molecule has 1 N–H and O–H groups in total. The second kappa shape index (κ2) is 6.86. The first-order valence-electron chi connectivity index (χ1n) is 10.5. The average Bonchev–Trinajstić information content (AvgIpc) is 3.27. The number of ether oxygens (including phenoxy) is 2. The van der Waals surface area contributed by atoms with E-state index >= 15 is 0 Å². The highest BCUT2D eigenvalue weighted by atomic mass is 35.5. The zero-order valence-electron chi connectivity index (χ0n) is 16.9. The van der Waals surface area contributed by atoms with Gasteiger partial charge in [0.25, 0.3) is 0 Å². The van der Waals surface area contributed by atoms with E-state index in [-0.39, 0.29) is 41.1 Å². The number of halogens is 1. The van der Waals surface area contributed by atoms with Gasteiger partial charge in [-0.1, -0.05) is 13.8 Å². The van der Waals surface area contributed by atoms with Crippen molar-refractivity contribution >= 4 is 17.5 Å². The highest BCUT2D eigenvalue weighted by Gasteiger charge is 2.67. The van der Waals surface area contributed by atoms with Crippen molar-refractivity contribution in [2.24, 2.45) is 28.6 Å². The minimum atomic E-state index is -0.388. The fourth-order valence-corrected chi connectivity index (χ4v) is 7.64. The Morgan fingerprint density at radius 2 is 1.78 bits per heavy atom. The first kappa shape index (κ1) is 19.9. The predicted octanol–water partition coefficient (Wildman–Crippen LogP) is 3.03. The van der Waals surface area contributed by atoms with Crippen molar-refractivity contribution < 1.29 is 19.4 Å². The maximum atomic E-state index is 12.3. The minimum absolute atomic E-state index is 0.000494. The summed E-state index contributed by atoms with van der Waals surface area (Å²) >= 11 is 5.82. The van der Waals surface area contributed by atoms with Crippen molar-refractivity contribution in [2.75, 3.05) is 32.7 Å². The van der Waals surface area contributed by atoms with Crippen LogP contribution in [0.1, 0.15) is 52.4 Å². The zero-order valence-corrected chi connectivity index (χ0v) is 17.6. The van der Waals surface area contributed by atoms with Crippen LogP contribution < -0.4 is 0 Å². The van der Waals surface area contributed by atoms with Crippen LogP contribution in [-0.4, -0.2) is 60.5 Å². The maximum absolute atomic E-state index is 12.3. The molecule has 3 saturated carbocycles. The fourth-order valence-electron chi connectivity index (χ4n) is 7.45. The molecule has 1 amide bonds. The lowest BCUT2D eigenvalue weighted by molar-refractivity contribution is -0.247. The number of alkyl halides is 1. The molecule has 0 radical (unpaired) electrons. The molecule has 5 nitrogen and oxygen atoms in total. The highest BCUT2D eigenvalue weighted by Crippen LogP contribution is 2.67. The van der Waals surface area contributed by atoms with Gasteiger partial charge in [0.1, 0.15) is 5.88 Å². The van der Waals surface area contributed by atoms with Gasteiger partial charge in [0.2, 0.25) is 5.91 Å². The highest BCUT2D eigenvalue weighted by molar-refractivity contribution is 6.27. The van der Waals surface area contributed by atoms with E-state index in [1.807, 2.05) is 7.05 Å². The van der Waals surface area contributed by atoms with Crippen LogP contribution in [0.15, 0.2) is 0 Å². The zero-order chi connectivity index (χ0) is 19.4. The van der Waals surface area contributed by atoms with Crippen LogP contribution in [0, 0.1) is 28.6 Å². The Kier molecular flexibility index (Phi) is 5.06. The van der Waals surface area contributed by atoms with E-state index in [4.69, 9.17) is 21.1 Å². The summed E-state index contributed by atoms with van der Waals surface area (Å²) in [5.74, 6) is 1.11. The molecule has 3 aliphatic carbocycles. The summed E-state index contributed by atoms with van der Waals surface area (Å²) in [6.07, 6.45) is 6.28. The third-order valence-electron chi connectivity index (χ3n) is 8.93. The molecule has 0 bridgehead atoms. The van der Waals surface area contributed by atoms with Gasteiger partial charge >= 0.3 is 0 Å². The molecule has 4 fully saturated rings. The third-order valence-corrected chi connectivity index (χ3v) is 9.16. The number of aliphatic hydroxyl groups is 1. The topological polar surface area (TPSA) is 59.0 Å². The summed E-state index contributed by atoms with van der Waals surface area (Å²) in [4.78, 5) is 14.1. The van der Waals surface area contributed by atoms with Crippen LogP contribution in [0.25, 0.3) is 0 Å². The molecule has 6 heteroatoms. The summed E-state index contributed by atoms with van der Waals surface area (Å²) < 4.78 is 12.4. The van der Waals surface area contributed by atoms with Gasteiger partial charge in [-0.15, -0.1) is 11.6 Å². The van der Waals surface area contributed by atoms with Gasteiger partial charge in [-0.2, -0.15) is 0 Å². The molecule has 4 rings (SSSR count). The van der Waals surface area contributed by atoms with Crippen molar-refractivity contribution in [3.63, 3.8) is 0 Å². The van der Waals surface area contributed by atoms with E-state index in [9.17, 15) is 9.90 Å². The molecule has 0 aromatic rings. The van der Waals surface area contributed by atoms with E-state index in [0.29, 0.717) is 31.0 Å². The Labute approximate surface area is 167 Å². The number of carbonyl (C=O) groups excluding carboxylic acids is 1. The monoisotopic (exact) mass is 399 g/mol. The summed E-state index contributed by atoms with van der Waals surface area (Å²) in [6.45, 7) is 6.08. The quantitative estimate of drug-likeness (QED) is 0.741. The Hall–Kier alpha value is -0.360. The second-order valence-electron chi connectivity index (χ2n) is 9.72. The van der Waals surface area contributed by atoms with Crippen LogP contribution in [-0.2, 0) is 14.3 Å². The lowest BCUT2D eigenvalue weighted by atomic mass is 9.48. The molecular formula is C21H34ClNO4. The van der Waals surface area contributed by atoms with E-state index in [0.717, 1.165) is 38.5 Å². The molecule has 4 aliphatic rings. The van der Waals surface area contributed by atoms with Gasteiger partial charge < -0.3 is 19.5 Å². The molecule has 1 saturated heterocycles. The molecule has 1 spiro atoms. The lowest BCUT2D eigenvalue weighted by Gasteiger charge is -2.60. The number of carbonyl (C=O) groups is 1. The van der Waals surface area contributed by atoms with E-state index in [1.165, 1.54) is 0 Å². The molecule has 6 atom stereocenters. The number of amides is 1. The molecule has 1 aliphatic heterocycles. The van der Waals surface area contributed by atoms with Gasteiger partial charge in [0.15, 0.2) is 5.79 Å². The SMILES string of the molecule is CN(C(=O)CCl)C1CC[C@@H]2[C@H](CC[C@@]3(C)[C@H]2CCC32OCCO2)[C@@]1(C)CO. The normalized spacial score (nSPS) is 45.5. The molecule has 154 valence electrons. The number of aliphatic hydroxyl groups excluding tert-OH is 1. The van der Waals surface area contributed by atoms with Crippen LogP contribution >= 0.6 is 11.6 Å². The summed E-state index contributed by atoms with van der Waals surface area (Å²) in [5, 5.41) is 10.5. The lowest BCUT2D eigenvalue weighted by Crippen LogP contribution is -2.61. The Bertz CT molecular complexity index is 595. The van der Waals surface area contributed by atoms with Crippen molar-refractivity contribution in [1.29, 1.82) is 0 Å². The first-order chi connectivity index (χ1) is 12.8. The predicted molar refractivity (Wildman–Crippen MR) is 103 cm³/mol. The molecular weight excluding hydrogens is 366 g/mol. The standard InChI is InChI=1S/C21H34ClNO4/c1-19(13-24)15-6-8-20(2)16(7-9-21(20)26-10-11-27-21)14(15)4-5-17(19)23(3)18(25)12-22/h14-17,24H,4-13H2,1-3H3/t14-,15+,16+,17?,19-,20+/m1/s1. The molecule has 1 unspecified atom stereocenters.